The van der Waals surface area contributed by atoms with Gasteiger partial charge in [-0.25, -0.2) is 9.79 Å². The van der Waals surface area contributed by atoms with E-state index in [2.05, 4.69) is 4.99 Å². The Morgan fingerprint density at radius 3 is 2.33 bits per heavy atom. The third-order valence-electron chi connectivity index (χ3n) is 4.17. The van der Waals surface area contributed by atoms with Gasteiger partial charge in [0.05, 0.1) is 10.6 Å². The lowest BCUT2D eigenvalue weighted by Gasteiger charge is -2.09. The van der Waals surface area contributed by atoms with Crippen LogP contribution in [-0.4, -0.2) is 20.3 Å². The van der Waals surface area contributed by atoms with E-state index in [-0.39, 0.29) is 22.2 Å². The van der Waals surface area contributed by atoms with Crippen LogP contribution >= 0.6 is 11.6 Å². The van der Waals surface area contributed by atoms with E-state index in [0.29, 0.717) is 16.1 Å². The number of para-hydroxylation sites is 1. The van der Waals surface area contributed by atoms with Crippen molar-refractivity contribution in [2.75, 3.05) is 0 Å². The minimum Gasteiger partial charge on any atom is -0.402 e. The number of hydrogen-bond acceptors (Lipinski definition) is 6. The lowest BCUT2D eigenvalue weighted by Crippen LogP contribution is -2.10. The molecule has 0 bridgehead atoms. The Morgan fingerprint density at radius 2 is 1.57 bits per heavy atom. The van der Waals surface area contributed by atoms with Crippen LogP contribution in [0.4, 0.5) is 0 Å². The number of nitrogens with zero attached hydrogens (tertiary/aromatic N) is 1. The van der Waals surface area contributed by atoms with Crippen molar-refractivity contribution in [3.63, 3.8) is 0 Å². The molecule has 0 unspecified atom stereocenters. The molecule has 0 amide bonds. The van der Waals surface area contributed by atoms with E-state index in [1.807, 2.05) is 0 Å². The van der Waals surface area contributed by atoms with Crippen molar-refractivity contribution in [1.82, 2.24) is 0 Å². The van der Waals surface area contributed by atoms with Gasteiger partial charge in [0.25, 0.3) is 0 Å². The molecule has 8 heteroatoms. The summed E-state index contributed by atoms with van der Waals surface area (Å²) in [5, 5.41) is 0.392. The number of carbonyl (C=O) groups excluding carboxylic acids is 1. The first-order chi connectivity index (χ1) is 14.4. The van der Waals surface area contributed by atoms with Crippen molar-refractivity contribution in [2.24, 2.45) is 4.99 Å². The van der Waals surface area contributed by atoms with E-state index >= 15 is 0 Å². The van der Waals surface area contributed by atoms with Crippen LogP contribution < -0.4 is 4.18 Å². The summed E-state index contributed by atoms with van der Waals surface area (Å²) in [6, 6.07) is 21.0. The van der Waals surface area contributed by atoms with Crippen LogP contribution in [-0.2, 0) is 19.6 Å². The molecule has 0 saturated heterocycles. The summed E-state index contributed by atoms with van der Waals surface area (Å²) >= 11 is 6.14. The number of esters is 1. The number of cyclic esters (lactones) is 1. The largest absolute Gasteiger partial charge is 0.402 e. The maximum Gasteiger partial charge on any atom is 0.363 e. The predicted octanol–water partition coefficient (Wildman–Crippen LogP) is 4.45. The number of benzene rings is 3. The summed E-state index contributed by atoms with van der Waals surface area (Å²) < 4.78 is 35.6. The van der Waals surface area contributed by atoms with Gasteiger partial charge in [0.1, 0.15) is 10.6 Å². The van der Waals surface area contributed by atoms with Gasteiger partial charge in [0, 0.05) is 5.56 Å². The molecular formula is C22H14ClNO5S. The zero-order chi connectivity index (χ0) is 21.1. The summed E-state index contributed by atoms with van der Waals surface area (Å²) in [6.07, 6.45) is 1.40. The number of carbonyl (C=O) groups is 1. The second-order valence-corrected chi connectivity index (χ2v) is 8.16. The highest BCUT2D eigenvalue weighted by molar-refractivity contribution is 7.87. The van der Waals surface area contributed by atoms with Crippen molar-refractivity contribution in [3.8, 4) is 5.75 Å². The SMILES string of the molecule is O=C1OC(c2ccccc2Cl)=N/C1=C/c1ccccc1OS(=O)(=O)c1ccccc1. The molecule has 0 aliphatic carbocycles. The molecule has 0 N–H and O–H groups in total. The summed E-state index contributed by atoms with van der Waals surface area (Å²) in [6.45, 7) is 0. The molecule has 0 radical (unpaired) electrons. The second kappa shape index (κ2) is 8.14. The van der Waals surface area contributed by atoms with Crippen LogP contribution in [0.2, 0.25) is 5.02 Å². The van der Waals surface area contributed by atoms with E-state index in [1.165, 1.54) is 24.3 Å². The summed E-state index contributed by atoms with van der Waals surface area (Å²) in [7, 11) is -4.04. The average molecular weight is 440 g/mol. The Kier molecular flexibility index (Phi) is 5.39. The van der Waals surface area contributed by atoms with Gasteiger partial charge in [-0.15, -0.1) is 0 Å². The fourth-order valence-electron chi connectivity index (χ4n) is 2.74. The Labute approximate surface area is 178 Å². The van der Waals surface area contributed by atoms with Crippen LogP contribution in [0.5, 0.6) is 5.75 Å². The molecule has 1 aliphatic heterocycles. The first-order valence-electron chi connectivity index (χ1n) is 8.80. The molecule has 4 rings (SSSR count). The van der Waals surface area contributed by atoms with Crippen molar-refractivity contribution in [1.29, 1.82) is 0 Å². The molecule has 0 spiro atoms. The van der Waals surface area contributed by atoms with Gasteiger partial charge in [0.2, 0.25) is 5.90 Å². The van der Waals surface area contributed by atoms with E-state index in [9.17, 15) is 13.2 Å². The van der Waals surface area contributed by atoms with Gasteiger partial charge >= 0.3 is 16.1 Å². The fourth-order valence-corrected chi connectivity index (χ4v) is 3.93. The number of aliphatic imine (C=N–C) groups is 1. The highest BCUT2D eigenvalue weighted by Crippen LogP contribution is 2.28. The van der Waals surface area contributed by atoms with Gasteiger partial charge in [0.15, 0.2) is 5.70 Å². The monoisotopic (exact) mass is 439 g/mol. The van der Waals surface area contributed by atoms with E-state index in [1.54, 1.807) is 60.7 Å². The molecular weight excluding hydrogens is 426 g/mol. The molecule has 6 nitrogen and oxygen atoms in total. The number of ether oxygens (including phenoxy) is 1. The van der Waals surface area contributed by atoms with Gasteiger partial charge in [-0.2, -0.15) is 8.42 Å². The summed E-state index contributed by atoms with van der Waals surface area (Å²) in [5.74, 6) is -0.541. The highest BCUT2D eigenvalue weighted by Gasteiger charge is 2.26. The first kappa shape index (κ1) is 19.9. The van der Waals surface area contributed by atoms with Crippen LogP contribution in [0.15, 0.2) is 94.4 Å². The molecule has 0 atom stereocenters. The van der Waals surface area contributed by atoms with Gasteiger partial charge < -0.3 is 8.92 Å². The second-order valence-electron chi connectivity index (χ2n) is 6.20. The van der Waals surface area contributed by atoms with Crippen LogP contribution in [0.1, 0.15) is 11.1 Å². The Bertz CT molecular complexity index is 1280. The highest BCUT2D eigenvalue weighted by atomic mass is 35.5. The topological polar surface area (TPSA) is 82.0 Å². The van der Waals surface area contributed by atoms with Gasteiger partial charge in [-0.05, 0) is 36.4 Å². The Balaban J connectivity index is 1.68. The van der Waals surface area contributed by atoms with E-state index in [0.717, 1.165) is 0 Å². The van der Waals surface area contributed by atoms with Crippen LogP contribution in [0.3, 0.4) is 0 Å². The standard InChI is InChI=1S/C22H14ClNO5S/c23-18-12-6-5-11-17(18)21-24-19(22(25)28-21)14-15-8-4-7-13-20(15)29-30(26,27)16-9-2-1-3-10-16/h1-14H/b19-14+. The van der Waals surface area contributed by atoms with Crippen LogP contribution in [0.25, 0.3) is 6.08 Å². The quantitative estimate of drug-likeness (QED) is 0.333. The normalized spacial score (nSPS) is 15.0. The molecule has 30 heavy (non-hydrogen) atoms. The lowest BCUT2D eigenvalue weighted by atomic mass is 10.1. The third kappa shape index (κ3) is 4.12. The lowest BCUT2D eigenvalue weighted by molar-refractivity contribution is -0.129. The molecule has 1 heterocycles. The van der Waals surface area contributed by atoms with Crippen molar-refractivity contribution in [3.05, 3.63) is 101 Å². The zero-order valence-corrected chi connectivity index (χ0v) is 16.9. The third-order valence-corrected chi connectivity index (χ3v) is 5.75. The van der Waals surface area contributed by atoms with E-state index < -0.39 is 16.1 Å². The van der Waals surface area contributed by atoms with Crippen molar-refractivity contribution in [2.45, 2.75) is 4.90 Å². The number of halogens is 1. The first-order valence-corrected chi connectivity index (χ1v) is 10.6. The molecule has 1 aliphatic rings. The van der Waals surface area contributed by atoms with Crippen LogP contribution in [0, 0.1) is 0 Å². The Hall–Kier alpha value is -3.42. The zero-order valence-electron chi connectivity index (χ0n) is 15.4. The summed E-state index contributed by atoms with van der Waals surface area (Å²) in [4.78, 5) is 16.5. The Morgan fingerprint density at radius 1 is 0.900 bits per heavy atom. The smallest absolute Gasteiger partial charge is 0.363 e. The van der Waals surface area contributed by atoms with Crippen molar-refractivity contribution < 1.29 is 22.1 Å². The van der Waals surface area contributed by atoms with Gasteiger partial charge in [-0.1, -0.05) is 60.1 Å². The van der Waals surface area contributed by atoms with Crippen molar-refractivity contribution >= 4 is 39.7 Å². The summed E-state index contributed by atoms with van der Waals surface area (Å²) in [5.41, 5.74) is 0.832. The minimum absolute atomic E-state index is 0.00178. The minimum atomic E-state index is -4.04. The maximum atomic E-state index is 12.6. The molecule has 150 valence electrons. The maximum absolute atomic E-state index is 12.6. The molecule has 0 saturated carbocycles. The number of rotatable bonds is 5. The van der Waals surface area contributed by atoms with E-state index in [4.69, 9.17) is 20.5 Å². The molecule has 0 fully saturated rings. The predicted molar refractivity (Wildman–Crippen MR) is 113 cm³/mol. The fraction of sp³-hybridized carbons (Fsp3) is 0. The number of hydrogen-bond donors (Lipinski definition) is 0. The molecule has 3 aromatic rings. The molecule has 0 aromatic heterocycles. The van der Waals surface area contributed by atoms with Gasteiger partial charge in [-0.3, -0.25) is 0 Å². The molecule has 3 aromatic carbocycles. The average Bonchev–Trinajstić information content (AvgIpc) is 3.10.